The zero-order valence-electron chi connectivity index (χ0n) is 9.91. The highest BCUT2D eigenvalue weighted by atomic mass is 32.2. The summed E-state index contributed by atoms with van der Waals surface area (Å²) in [6, 6.07) is 0.706. The zero-order valence-corrected chi connectivity index (χ0v) is 10.7. The average molecular weight is 246 g/mol. The maximum Gasteiger partial charge on any atom is 0.208 e. The van der Waals surface area contributed by atoms with Crippen LogP contribution in [0.4, 0.5) is 0 Å². The van der Waals surface area contributed by atoms with Crippen LogP contribution in [0.15, 0.2) is 0 Å². The van der Waals surface area contributed by atoms with Gasteiger partial charge in [-0.05, 0) is 44.1 Å². The van der Waals surface area contributed by atoms with E-state index in [1.165, 1.54) is 31.9 Å². The van der Waals surface area contributed by atoms with Gasteiger partial charge in [0.1, 0.15) is 0 Å². The molecule has 0 aliphatic heterocycles. The van der Waals surface area contributed by atoms with Crippen LogP contribution in [0.5, 0.6) is 0 Å². The average Bonchev–Trinajstić information content (AvgIpc) is 2.76. The summed E-state index contributed by atoms with van der Waals surface area (Å²) in [5.74, 6) is 1.87. The van der Waals surface area contributed by atoms with Crippen molar-refractivity contribution >= 4 is 10.0 Å². The van der Waals surface area contributed by atoms with Crippen molar-refractivity contribution in [1.29, 1.82) is 0 Å². The van der Waals surface area contributed by atoms with Crippen LogP contribution in [0.1, 0.15) is 32.1 Å². The standard InChI is InChI=1S/C11H22N2O2S/c1-16(14,15)13-6-2-5-12-11-8-9-3-4-10(11)7-9/h9-13H,2-8H2,1H3. The lowest BCUT2D eigenvalue weighted by Crippen LogP contribution is -2.36. The van der Waals surface area contributed by atoms with E-state index in [1.54, 1.807) is 0 Å². The topological polar surface area (TPSA) is 58.2 Å². The summed E-state index contributed by atoms with van der Waals surface area (Å²) in [5, 5.41) is 3.56. The highest BCUT2D eigenvalue weighted by Crippen LogP contribution is 2.44. The molecule has 2 rings (SSSR count). The van der Waals surface area contributed by atoms with Gasteiger partial charge >= 0.3 is 0 Å². The molecule has 94 valence electrons. The third-order valence-electron chi connectivity index (χ3n) is 3.86. The molecule has 0 heterocycles. The SMILES string of the molecule is CS(=O)(=O)NCCCNC1CC2CCC1C2. The molecule has 2 fully saturated rings. The summed E-state index contributed by atoms with van der Waals surface area (Å²) >= 11 is 0. The summed E-state index contributed by atoms with van der Waals surface area (Å²) in [5.41, 5.74) is 0. The maximum atomic E-state index is 10.8. The van der Waals surface area contributed by atoms with Crippen molar-refractivity contribution in [2.75, 3.05) is 19.3 Å². The predicted molar refractivity (Wildman–Crippen MR) is 64.7 cm³/mol. The number of hydrogen-bond donors (Lipinski definition) is 2. The molecule has 3 unspecified atom stereocenters. The molecule has 5 heteroatoms. The fourth-order valence-corrected chi connectivity index (χ4v) is 3.64. The van der Waals surface area contributed by atoms with Crippen LogP contribution in [-0.4, -0.2) is 33.8 Å². The van der Waals surface area contributed by atoms with E-state index in [0.29, 0.717) is 12.6 Å². The maximum absolute atomic E-state index is 10.8. The Labute approximate surface area is 98.2 Å². The number of nitrogens with one attached hydrogen (secondary N) is 2. The van der Waals surface area contributed by atoms with Crippen molar-refractivity contribution < 1.29 is 8.42 Å². The van der Waals surface area contributed by atoms with E-state index in [2.05, 4.69) is 10.0 Å². The van der Waals surface area contributed by atoms with Gasteiger partial charge in [0.25, 0.3) is 0 Å². The Morgan fingerprint density at radius 2 is 2.00 bits per heavy atom. The molecule has 16 heavy (non-hydrogen) atoms. The van der Waals surface area contributed by atoms with Crippen LogP contribution < -0.4 is 10.0 Å². The van der Waals surface area contributed by atoms with Crippen molar-refractivity contribution in [3.8, 4) is 0 Å². The Hall–Kier alpha value is -0.130. The first-order valence-electron chi connectivity index (χ1n) is 6.22. The molecule has 0 amide bonds. The highest BCUT2D eigenvalue weighted by molar-refractivity contribution is 7.88. The van der Waals surface area contributed by atoms with Gasteiger partial charge in [-0.2, -0.15) is 0 Å². The van der Waals surface area contributed by atoms with Crippen LogP contribution in [0, 0.1) is 11.8 Å². The van der Waals surface area contributed by atoms with Crippen LogP contribution >= 0.6 is 0 Å². The molecule has 0 saturated heterocycles. The van der Waals surface area contributed by atoms with Crippen molar-refractivity contribution in [1.82, 2.24) is 10.0 Å². The van der Waals surface area contributed by atoms with Gasteiger partial charge in [-0.15, -0.1) is 0 Å². The van der Waals surface area contributed by atoms with Gasteiger partial charge in [0, 0.05) is 12.6 Å². The molecule has 2 saturated carbocycles. The smallest absolute Gasteiger partial charge is 0.208 e. The highest BCUT2D eigenvalue weighted by Gasteiger charge is 2.38. The molecular weight excluding hydrogens is 224 g/mol. The second kappa shape index (κ2) is 5.02. The van der Waals surface area contributed by atoms with E-state index in [9.17, 15) is 8.42 Å². The summed E-state index contributed by atoms with van der Waals surface area (Å²) in [4.78, 5) is 0. The zero-order chi connectivity index (χ0) is 11.6. The van der Waals surface area contributed by atoms with Crippen LogP contribution in [0.25, 0.3) is 0 Å². The third-order valence-corrected chi connectivity index (χ3v) is 4.59. The summed E-state index contributed by atoms with van der Waals surface area (Å²) < 4.78 is 24.2. The Balaban J connectivity index is 1.56. The molecule has 0 aromatic carbocycles. The number of fused-ring (bicyclic) bond motifs is 2. The fraction of sp³-hybridized carbons (Fsp3) is 1.00. The first-order valence-corrected chi connectivity index (χ1v) is 8.12. The number of sulfonamides is 1. The lowest BCUT2D eigenvalue weighted by molar-refractivity contribution is 0.351. The quantitative estimate of drug-likeness (QED) is 0.678. The summed E-state index contributed by atoms with van der Waals surface area (Å²) in [7, 11) is -3.01. The summed E-state index contributed by atoms with van der Waals surface area (Å²) in [6.07, 6.45) is 7.66. The van der Waals surface area contributed by atoms with Gasteiger partial charge in [0.2, 0.25) is 10.0 Å². The normalized spacial score (nSPS) is 33.4. The largest absolute Gasteiger partial charge is 0.314 e. The number of hydrogen-bond acceptors (Lipinski definition) is 3. The Bertz CT molecular complexity index is 329. The van der Waals surface area contributed by atoms with E-state index in [-0.39, 0.29) is 0 Å². The Morgan fingerprint density at radius 1 is 1.19 bits per heavy atom. The van der Waals surface area contributed by atoms with Crippen LogP contribution in [-0.2, 0) is 10.0 Å². The molecule has 2 aliphatic rings. The Morgan fingerprint density at radius 3 is 2.56 bits per heavy atom. The molecule has 2 N–H and O–H groups in total. The van der Waals surface area contributed by atoms with Gasteiger partial charge < -0.3 is 5.32 Å². The minimum Gasteiger partial charge on any atom is -0.314 e. The molecule has 0 spiro atoms. The number of rotatable bonds is 6. The van der Waals surface area contributed by atoms with Gasteiger partial charge in [0.05, 0.1) is 6.26 Å². The van der Waals surface area contributed by atoms with Gasteiger partial charge in [-0.3, -0.25) is 0 Å². The van der Waals surface area contributed by atoms with Crippen molar-refractivity contribution in [2.24, 2.45) is 11.8 Å². The minimum atomic E-state index is -3.01. The molecule has 3 atom stereocenters. The molecule has 0 aromatic heterocycles. The van der Waals surface area contributed by atoms with Crippen LogP contribution in [0.3, 0.4) is 0 Å². The van der Waals surface area contributed by atoms with Crippen LogP contribution in [0.2, 0.25) is 0 Å². The van der Waals surface area contributed by atoms with E-state index < -0.39 is 10.0 Å². The Kier molecular flexibility index (Phi) is 3.87. The van der Waals surface area contributed by atoms with Crippen molar-refractivity contribution in [3.63, 3.8) is 0 Å². The second-order valence-electron chi connectivity index (χ2n) is 5.26. The molecule has 0 aromatic rings. The summed E-state index contributed by atoms with van der Waals surface area (Å²) in [6.45, 7) is 1.48. The van der Waals surface area contributed by atoms with Gasteiger partial charge in [0.15, 0.2) is 0 Å². The van der Waals surface area contributed by atoms with E-state index >= 15 is 0 Å². The van der Waals surface area contributed by atoms with E-state index in [4.69, 9.17) is 0 Å². The fourth-order valence-electron chi connectivity index (χ4n) is 3.13. The first kappa shape index (κ1) is 12.3. The van der Waals surface area contributed by atoms with E-state index in [0.717, 1.165) is 24.8 Å². The monoisotopic (exact) mass is 246 g/mol. The minimum absolute atomic E-state index is 0.548. The van der Waals surface area contributed by atoms with Gasteiger partial charge in [-0.1, -0.05) is 6.42 Å². The van der Waals surface area contributed by atoms with Gasteiger partial charge in [-0.25, -0.2) is 13.1 Å². The lowest BCUT2D eigenvalue weighted by Gasteiger charge is -2.22. The third kappa shape index (κ3) is 3.43. The second-order valence-corrected chi connectivity index (χ2v) is 7.09. The van der Waals surface area contributed by atoms with Crippen molar-refractivity contribution in [3.05, 3.63) is 0 Å². The molecular formula is C11H22N2O2S. The van der Waals surface area contributed by atoms with E-state index in [1.807, 2.05) is 0 Å². The van der Waals surface area contributed by atoms with Crippen molar-refractivity contribution in [2.45, 2.75) is 38.1 Å². The lowest BCUT2D eigenvalue weighted by atomic mass is 9.95. The molecule has 2 aliphatic carbocycles. The molecule has 0 radical (unpaired) electrons. The first-order chi connectivity index (χ1) is 7.54. The predicted octanol–water partition coefficient (Wildman–Crippen LogP) is 0.704. The molecule has 4 nitrogen and oxygen atoms in total. The molecule has 2 bridgehead atoms.